The van der Waals surface area contributed by atoms with E-state index in [1.165, 1.54) is 10.6 Å². The average molecular weight is 391 g/mol. The molecule has 0 aromatic heterocycles. The second kappa shape index (κ2) is 9.02. The normalized spacial score (nSPS) is 16.3. The topological polar surface area (TPSA) is 84.7 Å². The molecule has 1 saturated heterocycles. The van der Waals surface area contributed by atoms with E-state index in [9.17, 15) is 18.5 Å². The third-order valence-electron chi connectivity index (χ3n) is 4.48. The van der Waals surface area contributed by atoms with Crippen molar-refractivity contribution in [3.05, 3.63) is 47.7 Å². The lowest BCUT2D eigenvalue weighted by molar-refractivity contribution is -0.129. The number of rotatable bonds is 6. The van der Waals surface area contributed by atoms with E-state index < -0.39 is 10.0 Å². The van der Waals surface area contributed by atoms with E-state index in [-0.39, 0.29) is 17.5 Å². The summed E-state index contributed by atoms with van der Waals surface area (Å²) < 4.78 is 24.6. The summed E-state index contributed by atoms with van der Waals surface area (Å²) >= 11 is 0. The van der Waals surface area contributed by atoms with E-state index in [1.54, 1.807) is 11.1 Å². The second-order valence-electron chi connectivity index (χ2n) is 6.86. The molecule has 1 aromatic rings. The summed E-state index contributed by atoms with van der Waals surface area (Å²) in [6.45, 7) is 5.86. The van der Waals surface area contributed by atoms with Gasteiger partial charge in [-0.05, 0) is 19.4 Å². The Balaban J connectivity index is 2.11. The lowest BCUT2D eigenvalue weighted by Gasteiger charge is -2.33. The molecule has 1 aliphatic heterocycles. The molecule has 8 heteroatoms. The van der Waals surface area contributed by atoms with Gasteiger partial charge in [0.25, 0.3) is 5.91 Å². The van der Waals surface area contributed by atoms with Gasteiger partial charge in [0.05, 0.1) is 6.26 Å². The zero-order valence-electron chi connectivity index (χ0n) is 16.0. The molecule has 7 nitrogen and oxygen atoms in total. The zero-order valence-corrected chi connectivity index (χ0v) is 16.8. The first-order chi connectivity index (χ1) is 12.7. The van der Waals surface area contributed by atoms with E-state index in [0.29, 0.717) is 32.7 Å². The molecular formula is C19H26N4O3S. The van der Waals surface area contributed by atoms with Crippen LogP contribution in [0.3, 0.4) is 0 Å². The lowest BCUT2D eigenvalue weighted by atomic mass is 10.1. The molecule has 0 atom stereocenters. The van der Waals surface area contributed by atoms with Crippen LogP contribution >= 0.6 is 0 Å². The number of carbonyl (C=O) groups is 1. The Kier molecular flexibility index (Phi) is 6.99. The highest BCUT2D eigenvalue weighted by Crippen LogP contribution is 2.14. The van der Waals surface area contributed by atoms with E-state index in [2.05, 4.69) is 0 Å². The Bertz CT molecular complexity index is 820. The summed E-state index contributed by atoms with van der Waals surface area (Å²) in [6, 6.07) is 11.6. The fourth-order valence-corrected chi connectivity index (χ4v) is 3.73. The first kappa shape index (κ1) is 20.9. The summed E-state index contributed by atoms with van der Waals surface area (Å²) in [5.74, 6) is -0.318. The molecule has 0 radical (unpaired) electrons. The van der Waals surface area contributed by atoms with Crippen molar-refractivity contribution < 1.29 is 13.2 Å². The van der Waals surface area contributed by atoms with Crippen molar-refractivity contribution in [2.45, 2.75) is 26.4 Å². The molecule has 1 aliphatic rings. The van der Waals surface area contributed by atoms with Crippen LogP contribution in [-0.4, -0.2) is 66.9 Å². The highest BCUT2D eigenvalue weighted by molar-refractivity contribution is 7.88. The van der Waals surface area contributed by atoms with Crippen LogP contribution in [0.15, 0.2) is 42.1 Å². The Morgan fingerprint density at radius 2 is 1.81 bits per heavy atom. The van der Waals surface area contributed by atoms with Crippen LogP contribution in [0, 0.1) is 11.3 Å². The van der Waals surface area contributed by atoms with Gasteiger partial charge in [0.2, 0.25) is 10.0 Å². The highest BCUT2D eigenvalue weighted by atomic mass is 32.2. The average Bonchev–Trinajstić information content (AvgIpc) is 2.64. The highest BCUT2D eigenvalue weighted by Gasteiger charge is 2.25. The monoisotopic (exact) mass is 390 g/mol. The zero-order chi connectivity index (χ0) is 20.0. The van der Waals surface area contributed by atoms with Crippen molar-refractivity contribution in [3.8, 4) is 6.07 Å². The van der Waals surface area contributed by atoms with Crippen molar-refractivity contribution in [3.63, 3.8) is 0 Å². The molecular weight excluding hydrogens is 364 g/mol. The van der Waals surface area contributed by atoms with Crippen LogP contribution in [0.5, 0.6) is 0 Å². The fourth-order valence-electron chi connectivity index (χ4n) is 2.90. The third-order valence-corrected chi connectivity index (χ3v) is 5.79. The van der Waals surface area contributed by atoms with Gasteiger partial charge in [-0.25, -0.2) is 8.42 Å². The van der Waals surface area contributed by atoms with Gasteiger partial charge >= 0.3 is 0 Å². The molecule has 0 bridgehead atoms. The summed E-state index contributed by atoms with van der Waals surface area (Å²) in [4.78, 5) is 16.4. The van der Waals surface area contributed by atoms with Gasteiger partial charge in [-0.15, -0.1) is 0 Å². The maximum atomic E-state index is 12.9. The Hall–Kier alpha value is -2.37. The van der Waals surface area contributed by atoms with Gasteiger partial charge in [0, 0.05) is 45.0 Å². The smallest absolute Gasteiger partial charge is 0.266 e. The van der Waals surface area contributed by atoms with E-state index in [4.69, 9.17) is 0 Å². The number of nitrogens with zero attached hydrogens (tertiary/aromatic N) is 4. The molecule has 0 saturated carbocycles. The van der Waals surface area contributed by atoms with E-state index in [0.717, 1.165) is 5.56 Å². The molecule has 1 aromatic carbocycles. The standard InChI is InChI=1S/C19H26N4O3S/c1-16(2)23(14-17-7-5-4-6-8-17)19(24)18(13-20)15-21-9-11-22(12-10-21)27(3,25)26/h4-8,15-16H,9-12,14H2,1-3H3/b18-15-. The van der Waals surface area contributed by atoms with Gasteiger partial charge < -0.3 is 9.80 Å². The van der Waals surface area contributed by atoms with Gasteiger partial charge in [0.1, 0.15) is 11.6 Å². The molecule has 0 unspecified atom stereocenters. The van der Waals surface area contributed by atoms with Crippen LogP contribution in [0.2, 0.25) is 0 Å². The number of hydrogen-bond acceptors (Lipinski definition) is 5. The SMILES string of the molecule is CC(C)N(Cc1ccccc1)C(=O)/C(C#N)=C\N1CCN(S(C)(=O)=O)CC1. The molecule has 2 rings (SSSR count). The first-order valence-corrected chi connectivity index (χ1v) is 10.7. The Morgan fingerprint density at radius 3 is 2.30 bits per heavy atom. The second-order valence-corrected chi connectivity index (χ2v) is 8.85. The van der Waals surface area contributed by atoms with Crippen molar-refractivity contribution in [1.29, 1.82) is 5.26 Å². The van der Waals surface area contributed by atoms with E-state index in [1.807, 2.05) is 55.1 Å². The van der Waals surface area contributed by atoms with Crippen molar-refractivity contribution in [2.75, 3.05) is 32.4 Å². The first-order valence-electron chi connectivity index (χ1n) is 8.88. The van der Waals surface area contributed by atoms with Crippen molar-refractivity contribution >= 4 is 15.9 Å². The van der Waals surface area contributed by atoms with Crippen LogP contribution < -0.4 is 0 Å². The van der Waals surface area contributed by atoms with Crippen molar-refractivity contribution in [1.82, 2.24) is 14.1 Å². The predicted molar refractivity (Wildman–Crippen MR) is 104 cm³/mol. The number of piperazine rings is 1. The van der Waals surface area contributed by atoms with Gasteiger partial charge in [-0.2, -0.15) is 9.57 Å². The molecule has 1 fully saturated rings. The minimum absolute atomic E-state index is 0.0588. The largest absolute Gasteiger partial charge is 0.373 e. The van der Waals surface area contributed by atoms with Crippen LogP contribution in [0.25, 0.3) is 0 Å². The minimum Gasteiger partial charge on any atom is -0.373 e. The predicted octanol–water partition coefficient (Wildman–Crippen LogP) is 1.41. The van der Waals surface area contributed by atoms with Crippen LogP contribution in [0.1, 0.15) is 19.4 Å². The van der Waals surface area contributed by atoms with Crippen LogP contribution in [0.4, 0.5) is 0 Å². The van der Waals surface area contributed by atoms with E-state index >= 15 is 0 Å². The Labute approximate surface area is 161 Å². The third kappa shape index (κ3) is 5.81. The molecule has 27 heavy (non-hydrogen) atoms. The summed E-state index contributed by atoms with van der Waals surface area (Å²) in [6.07, 6.45) is 2.75. The molecule has 0 spiro atoms. The summed E-state index contributed by atoms with van der Waals surface area (Å²) in [5.41, 5.74) is 1.06. The molecule has 0 N–H and O–H groups in total. The maximum absolute atomic E-state index is 12.9. The number of carbonyl (C=O) groups excluding carboxylic acids is 1. The van der Waals surface area contributed by atoms with Gasteiger partial charge in [0.15, 0.2) is 0 Å². The lowest BCUT2D eigenvalue weighted by Crippen LogP contribution is -2.46. The summed E-state index contributed by atoms with van der Waals surface area (Å²) in [5, 5.41) is 9.51. The summed E-state index contributed by atoms with van der Waals surface area (Å²) in [7, 11) is -3.21. The number of nitriles is 1. The number of benzene rings is 1. The van der Waals surface area contributed by atoms with Crippen LogP contribution in [-0.2, 0) is 21.4 Å². The van der Waals surface area contributed by atoms with Crippen molar-refractivity contribution in [2.24, 2.45) is 0 Å². The quantitative estimate of drug-likeness (QED) is 0.542. The number of amides is 1. The molecule has 1 amide bonds. The Morgan fingerprint density at radius 1 is 1.22 bits per heavy atom. The number of sulfonamides is 1. The number of hydrogen-bond donors (Lipinski definition) is 0. The van der Waals surface area contributed by atoms with Gasteiger partial charge in [-0.3, -0.25) is 4.79 Å². The molecule has 0 aliphatic carbocycles. The van der Waals surface area contributed by atoms with Gasteiger partial charge in [-0.1, -0.05) is 30.3 Å². The molecule has 1 heterocycles. The minimum atomic E-state index is -3.21. The molecule has 146 valence electrons. The maximum Gasteiger partial charge on any atom is 0.266 e. The fraction of sp³-hybridized carbons (Fsp3) is 0.474.